The maximum Gasteiger partial charge on any atom is 0.414 e. The van der Waals surface area contributed by atoms with Crippen molar-refractivity contribution < 1.29 is 89.4 Å². The van der Waals surface area contributed by atoms with E-state index >= 15 is 0 Å². The van der Waals surface area contributed by atoms with Gasteiger partial charge in [-0.1, -0.05) is 108 Å². The second kappa shape index (κ2) is 44.3. The number of rotatable bonds is 27. The second-order valence-corrected chi connectivity index (χ2v) is 15.4. The van der Waals surface area contributed by atoms with Gasteiger partial charge in [0.25, 0.3) is 0 Å². The normalized spacial score (nSPS) is 10.8. The molecule has 362 valence electrons. The summed E-state index contributed by atoms with van der Waals surface area (Å²) in [6.45, 7) is 7.59. The molecular formula is C40H62N4O18S2. The Labute approximate surface area is 378 Å². The molecule has 0 saturated carbocycles. The van der Waals surface area contributed by atoms with Gasteiger partial charge in [-0.3, -0.25) is 0 Å². The van der Waals surface area contributed by atoms with Crippen molar-refractivity contribution in [3.8, 4) is 0 Å². The highest BCUT2D eigenvalue weighted by atomic mass is 33.1. The van der Waals surface area contributed by atoms with E-state index in [0.29, 0.717) is 13.1 Å². The van der Waals surface area contributed by atoms with Crippen LogP contribution in [0.4, 0.5) is 0 Å². The van der Waals surface area contributed by atoms with Crippen LogP contribution in [0.15, 0.2) is 60.7 Å². The lowest BCUT2D eigenvalue weighted by atomic mass is 10.1. The Hall–Kier alpha value is -5.34. The maximum absolute atomic E-state index is 10.1. The van der Waals surface area contributed by atoms with Crippen LogP contribution >= 0.6 is 21.6 Å². The van der Waals surface area contributed by atoms with E-state index in [1.165, 1.54) is 51.4 Å². The summed E-state index contributed by atoms with van der Waals surface area (Å²) >= 11 is 0. The molecule has 0 spiro atoms. The first-order chi connectivity index (χ1) is 30.3. The lowest BCUT2D eigenvalue weighted by molar-refractivity contribution is -0.159. The molecular weight excluding hydrogens is 889 g/mol. The van der Waals surface area contributed by atoms with Gasteiger partial charge in [0.05, 0.1) is 12.2 Å². The summed E-state index contributed by atoms with van der Waals surface area (Å²) in [5.41, 5.74) is 1.96. The Balaban J connectivity index is -0.00000125. The zero-order valence-electron chi connectivity index (χ0n) is 35.2. The Morgan fingerprint density at radius 3 is 0.828 bits per heavy atom. The van der Waals surface area contributed by atoms with Crippen molar-refractivity contribution in [1.82, 2.24) is 21.3 Å². The van der Waals surface area contributed by atoms with Crippen LogP contribution in [0.25, 0.3) is 0 Å². The number of unbranched alkanes of at least 4 members (excludes halogenated alkanes) is 6. The molecule has 2 aromatic rings. The molecule has 64 heavy (non-hydrogen) atoms. The van der Waals surface area contributed by atoms with E-state index in [-0.39, 0.29) is 0 Å². The minimum Gasteiger partial charge on any atom is -0.473 e. The van der Waals surface area contributed by atoms with Crippen molar-refractivity contribution in [3.63, 3.8) is 0 Å². The third kappa shape index (κ3) is 46.2. The van der Waals surface area contributed by atoms with Crippen LogP contribution in [0, 0.1) is 0 Å². The standard InChI is InChI=1S/C32H54N4O2S2.4C2H2O4/c37-31(29-15-7-5-8-16-29)27-35-21-13-3-1-11-19-33-23-25-39-40-26-24-34-20-12-2-4-14-22-36-28-32(38)30-17-9-6-10-18-30;4*3-1(4)2(5)6/h5-10,15-18,31-38H,1-4,11-14,19-28H2;4*(H,3,4)(H,5,6). The Bertz CT molecular complexity index is 1370. The van der Waals surface area contributed by atoms with E-state index in [1.54, 1.807) is 0 Å². The average molecular weight is 951 g/mol. The molecule has 2 unspecified atom stereocenters. The molecule has 0 aliphatic rings. The zero-order valence-corrected chi connectivity index (χ0v) is 36.8. The first-order valence-electron chi connectivity index (χ1n) is 19.7. The van der Waals surface area contributed by atoms with E-state index in [4.69, 9.17) is 79.2 Å². The largest absolute Gasteiger partial charge is 0.473 e. The number of hydrogen-bond donors (Lipinski definition) is 14. The summed E-state index contributed by atoms with van der Waals surface area (Å²) in [5, 5.41) is 93.3. The molecule has 2 rings (SSSR count). The second-order valence-electron chi connectivity index (χ2n) is 12.7. The summed E-state index contributed by atoms with van der Waals surface area (Å²) in [6.07, 6.45) is 8.99. The van der Waals surface area contributed by atoms with E-state index < -0.39 is 60.0 Å². The van der Waals surface area contributed by atoms with Gasteiger partial charge in [0, 0.05) is 37.7 Å². The van der Waals surface area contributed by atoms with Gasteiger partial charge < -0.3 is 72.3 Å². The van der Waals surface area contributed by atoms with Gasteiger partial charge >= 0.3 is 47.8 Å². The van der Waals surface area contributed by atoms with Gasteiger partial charge in [-0.15, -0.1) is 0 Å². The molecule has 2 atom stereocenters. The molecule has 14 N–H and O–H groups in total. The highest BCUT2D eigenvalue weighted by Crippen LogP contribution is 2.19. The van der Waals surface area contributed by atoms with Gasteiger partial charge in [-0.2, -0.15) is 0 Å². The average Bonchev–Trinajstić information content (AvgIpc) is 3.26. The molecule has 0 aromatic heterocycles. The van der Waals surface area contributed by atoms with Crippen molar-refractivity contribution in [2.75, 3.05) is 63.9 Å². The third-order valence-corrected chi connectivity index (χ3v) is 9.91. The molecule has 24 heteroatoms. The fraction of sp³-hybridized carbons (Fsp3) is 0.500. The highest BCUT2D eigenvalue weighted by Gasteiger charge is 2.08. The Kier molecular flexibility index (Phi) is 43.5. The minimum absolute atomic E-state index is 0.417. The number of hydrogen-bond acceptors (Lipinski definition) is 16. The van der Waals surface area contributed by atoms with E-state index in [0.717, 1.165) is 61.9 Å². The molecule has 0 radical (unpaired) electrons. The summed E-state index contributed by atoms with van der Waals surface area (Å²) in [7, 11) is 3.94. The van der Waals surface area contributed by atoms with Crippen LogP contribution in [0.1, 0.15) is 74.7 Å². The van der Waals surface area contributed by atoms with E-state index in [1.807, 2.05) is 82.3 Å². The number of carbonyl (C=O) groups is 8. The lowest BCUT2D eigenvalue weighted by Crippen LogP contribution is -2.22. The monoisotopic (exact) mass is 950 g/mol. The lowest BCUT2D eigenvalue weighted by Gasteiger charge is -2.12. The van der Waals surface area contributed by atoms with E-state index in [2.05, 4.69) is 21.3 Å². The first kappa shape index (κ1) is 63.0. The fourth-order valence-corrected chi connectivity index (χ4v) is 6.26. The van der Waals surface area contributed by atoms with Crippen LogP contribution in [-0.4, -0.2) is 163 Å². The number of benzene rings is 2. The molecule has 0 heterocycles. The summed E-state index contributed by atoms with van der Waals surface area (Å²) in [5.74, 6) is -12.3. The number of carboxylic acids is 8. The SMILES string of the molecule is O=C(O)C(=O)O.O=C(O)C(=O)O.O=C(O)C(=O)O.O=C(O)C(=O)O.OC(CNCCCCCCNCCSSCCNCCCCCCNCC(O)c1ccccc1)c1ccccc1. The van der Waals surface area contributed by atoms with Crippen LogP contribution < -0.4 is 21.3 Å². The smallest absolute Gasteiger partial charge is 0.414 e. The molecule has 0 amide bonds. The number of aliphatic carboxylic acids is 8. The topological polar surface area (TPSA) is 387 Å². The fourth-order valence-electron chi connectivity index (χ4n) is 4.37. The minimum atomic E-state index is -1.82. The summed E-state index contributed by atoms with van der Waals surface area (Å²) < 4.78 is 0. The predicted molar refractivity (Wildman–Crippen MR) is 237 cm³/mol. The molecule has 0 aliphatic carbocycles. The number of aliphatic hydroxyl groups excluding tert-OH is 2. The van der Waals surface area contributed by atoms with Crippen molar-refractivity contribution in [2.45, 2.75) is 63.6 Å². The predicted octanol–water partition coefficient (Wildman–Crippen LogP) is 1.94. The van der Waals surface area contributed by atoms with Crippen molar-refractivity contribution in [3.05, 3.63) is 71.8 Å². The first-order valence-corrected chi connectivity index (χ1v) is 22.2. The van der Waals surface area contributed by atoms with Crippen molar-refractivity contribution >= 4 is 69.3 Å². The maximum atomic E-state index is 10.1. The van der Waals surface area contributed by atoms with Gasteiger partial charge in [-0.05, 0) is 63.0 Å². The molecule has 0 saturated heterocycles. The van der Waals surface area contributed by atoms with Crippen molar-refractivity contribution in [2.24, 2.45) is 0 Å². The van der Waals surface area contributed by atoms with Gasteiger partial charge in [0.15, 0.2) is 0 Å². The van der Waals surface area contributed by atoms with Crippen LogP contribution in [0.2, 0.25) is 0 Å². The molecule has 0 bridgehead atoms. The number of nitrogens with one attached hydrogen (secondary N) is 4. The summed E-state index contributed by atoms with van der Waals surface area (Å²) in [4.78, 5) is 72.8. The van der Waals surface area contributed by atoms with Crippen LogP contribution in [0.3, 0.4) is 0 Å². The Morgan fingerprint density at radius 1 is 0.359 bits per heavy atom. The number of aliphatic hydroxyl groups is 2. The molecule has 2 aromatic carbocycles. The quantitative estimate of drug-likeness (QED) is 0.0345. The van der Waals surface area contributed by atoms with E-state index in [9.17, 15) is 10.2 Å². The third-order valence-electron chi connectivity index (χ3n) is 7.50. The zero-order chi connectivity index (χ0) is 49.0. The van der Waals surface area contributed by atoms with Crippen LogP contribution in [0.5, 0.6) is 0 Å². The van der Waals surface area contributed by atoms with Gasteiger partial charge in [-0.25, -0.2) is 38.4 Å². The number of carboxylic acid groups (broad SMARTS) is 8. The molecule has 0 aliphatic heterocycles. The Morgan fingerprint density at radius 2 is 0.594 bits per heavy atom. The van der Waals surface area contributed by atoms with Gasteiger partial charge in [0.1, 0.15) is 0 Å². The summed E-state index contributed by atoms with van der Waals surface area (Å²) in [6, 6.07) is 19.7. The molecule has 0 fully saturated rings. The highest BCUT2D eigenvalue weighted by molar-refractivity contribution is 8.76. The van der Waals surface area contributed by atoms with Crippen molar-refractivity contribution in [1.29, 1.82) is 0 Å². The van der Waals surface area contributed by atoms with Crippen LogP contribution in [-0.2, 0) is 38.4 Å². The molecule has 22 nitrogen and oxygen atoms in total. The van der Waals surface area contributed by atoms with Gasteiger partial charge in [0.2, 0.25) is 0 Å².